The molecule has 0 atom stereocenters. The van der Waals surface area contributed by atoms with Crippen LogP contribution in [0.3, 0.4) is 0 Å². The maximum atomic E-state index is 12.6. The summed E-state index contributed by atoms with van der Waals surface area (Å²) in [5.41, 5.74) is -0.459. The Morgan fingerprint density at radius 3 is 2.81 bits per heavy atom. The predicted octanol–water partition coefficient (Wildman–Crippen LogP) is 3.25. The van der Waals surface area contributed by atoms with E-state index in [2.05, 4.69) is 15.6 Å². The van der Waals surface area contributed by atoms with E-state index in [1.165, 1.54) is 17.4 Å². The van der Waals surface area contributed by atoms with Gasteiger partial charge < -0.3 is 10.6 Å². The summed E-state index contributed by atoms with van der Waals surface area (Å²) in [6.07, 6.45) is -3.54. The summed E-state index contributed by atoms with van der Waals surface area (Å²) in [6.45, 7) is 2.58. The van der Waals surface area contributed by atoms with Crippen molar-refractivity contribution < 1.29 is 18.0 Å². The first-order valence-electron chi connectivity index (χ1n) is 6.38. The molecule has 1 heterocycles. The van der Waals surface area contributed by atoms with E-state index in [4.69, 9.17) is 0 Å². The van der Waals surface area contributed by atoms with Crippen LogP contribution in [0.4, 0.5) is 18.3 Å². The van der Waals surface area contributed by atoms with Crippen molar-refractivity contribution in [2.24, 2.45) is 0 Å². The highest BCUT2D eigenvalue weighted by Gasteiger charge is 2.30. The molecule has 0 aliphatic heterocycles. The summed E-state index contributed by atoms with van der Waals surface area (Å²) < 4.78 is 38.4. The summed E-state index contributed by atoms with van der Waals surface area (Å²) in [6, 6.07) is 3.42. The van der Waals surface area contributed by atoms with Crippen LogP contribution < -0.4 is 10.6 Å². The molecular formula is C13H14F3N3OS. The molecule has 0 bridgehead atoms. The number of amides is 1. The molecule has 0 spiro atoms. The fraction of sp³-hybridized carbons (Fsp3) is 0.385. The molecule has 0 saturated carbocycles. The van der Waals surface area contributed by atoms with Gasteiger partial charge in [0.15, 0.2) is 5.13 Å². The van der Waals surface area contributed by atoms with Gasteiger partial charge >= 0.3 is 6.18 Å². The lowest BCUT2D eigenvalue weighted by molar-refractivity contribution is -0.137. The van der Waals surface area contributed by atoms with Gasteiger partial charge in [0.05, 0.1) is 22.3 Å². The summed E-state index contributed by atoms with van der Waals surface area (Å²) in [5, 5.41) is 5.93. The van der Waals surface area contributed by atoms with Gasteiger partial charge in [0.2, 0.25) is 5.91 Å². The van der Waals surface area contributed by atoms with E-state index in [-0.39, 0.29) is 18.0 Å². The van der Waals surface area contributed by atoms with Crippen LogP contribution in [-0.2, 0) is 11.0 Å². The molecule has 0 radical (unpaired) electrons. The Hall–Kier alpha value is -1.83. The normalized spacial score (nSPS) is 11.6. The number of carbonyl (C=O) groups is 1. The van der Waals surface area contributed by atoms with Gasteiger partial charge in [0.25, 0.3) is 0 Å². The number of fused-ring (bicyclic) bond motifs is 1. The van der Waals surface area contributed by atoms with Gasteiger partial charge in [-0.2, -0.15) is 13.2 Å². The second-order valence-electron chi connectivity index (χ2n) is 4.40. The van der Waals surface area contributed by atoms with Gasteiger partial charge in [0.1, 0.15) is 0 Å². The molecule has 1 aromatic heterocycles. The van der Waals surface area contributed by atoms with Crippen molar-refractivity contribution in [2.75, 3.05) is 18.4 Å². The molecule has 2 aromatic rings. The number of rotatable bonds is 5. The molecule has 8 heteroatoms. The number of benzene rings is 1. The Labute approximate surface area is 123 Å². The first-order chi connectivity index (χ1) is 9.90. The van der Waals surface area contributed by atoms with Gasteiger partial charge in [-0.05, 0) is 24.6 Å². The first kappa shape index (κ1) is 15.6. The van der Waals surface area contributed by atoms with Gasteiger partial charge in [-0.1, -0.05) is 18.3 Å². The van der Waals surface area contributed by atoms with Crippen LogP contribution in [0, 0.1) is 0 Å². The average Bonchev–Trinajstić information content (AvgIpc) is 2.83. The van der Waals surface area contributed by atoms with E-state index < -0.39 is 11.7 Å². The zero-order valence-corrected chi connectivity index (χ0v) is 12.1. The third-order valence-corrected chi connectivity index (χ3v) is 3.68. The number of nitrogens with zero attached hydrogens (tertiary/aromatic N) is 1. The van der Waals surface area contributed by atoms with Crippen molar-refractivity contribution in [3.05, 3.63) is 23.8 Å². The molecule has 4 nitrogen and oxygen atoms in total. The zero-order valence-electron chi connectivity index (χ0n) is 11.3. The Bertz CT molecular complexity index is 639. The number of nitrogens with one attached hydrogen (secondary N) is 2. The quantitative estimate of drug-likeness (QED) is 0.890. The van der Waals surface area contributed by atoms with Crippen LogP contribution in [0.15, 0.2) is 18.2 Å². The van der Waals surface area contributed by atoms with Gasteiger partial charge in [-0.25, -0.2) is 4.98 Å². The maximum Gasteiger partial charge on any atom is 0.416 e. The molecular weight excluding hydrogens is 303 g/mol. The maximum absolute atomic E-state index is 12.6. The van der Waals surface area contributed by atoms with E-state index >= 15 is 0 Å². The number of aromatic nitrogens is 1. The van der Waals surface area contributed by atoms with Crippen LogP contribution in [0.1, 0.15) is 18.9 Å². The van der Waals surface area contributed by atoms with Crippen molar-refractivity contribution in [1.82, 2.24) is 10.3 Å². The smallest absolute Gasteiger partial charge is 0.355 e. The Kier molecular flexibility index (Phi) is 4.66. The van der Waals surface area contributed by atoms with Crippen molar-refractivity contribution in [3.63, 3.8) is 0 Å². The van der Waals surface area contributed by atoms with E-state index in [1.807, 2.05) is 6.92 Å². The van der Waals surface area contributed by atoms with Gasteiger partial charge in [0, 0.05) is 6.54 Å². The molecule has 2 rings (SSSR count). The molecule has 0 saturated heterocycles. The molecule has 0 aliphatic carbocycles. The second-order valence-corrected chi connectivity index (χ2v) is 5.43. The number of thiazole rings is 1. The standard InChI is InChI=1S/C13H14F3N3OS/c1-2-5-17-11(20)7-18-12-19-9-6-8(13(14,15)16)3-4-10(9)21-12/h3-4,6H,2,5,7H2,1H3,(H,17,20)(H,18,19). The van der Waals surface area contributed by atoms with E-state index in [1.54, 1.807) is 0 Å². The number of hydrogen-bond acceptors (Lipinski definition) is 4. The summed E-state index contributed by atoms with van der Waals surface area (Å²) >= 11 is 1.21. The van der Waals surface area contributed by atoms with Crippen molar-refractivity contribution in [1.29, 1.82) is 0 Å². The highest BCUT2D eigenvalue weighted by molar-refractivity contribution is 7.22. The van der Waals surface area contributed by atoms with E-state index in [0.717, 1.165) is 18.6 Å². The lowest BCUT2D eigenvalue weighted by atomic mass is 10.2. The Morgan fingerprint density at radius 2 is 2.14 bits per heavy atom. The monoisotopic (exact) mass is 317 g/mol. The topological polar surface area (TPSA) is 54.0 Å². The van der Waals surface area contributed by atoms with Crippen LogP contribution in [0.5, 0.6) is 0 Å². The molecule has 0 aliphatic rings. The highest BCUT2D eigenvalue weighted by Crippen LogP contribution is 2.33. The third-order valence-electron chi connectivity index (χ3n) is 2.69. The fourth-order valence-corrected chi connectivity index (χ4v) is 2.50. The molecule has 1 amide bonds. The summed E-state index contributed by atoms with van der Waals surface area (Å²) in [7, 11) is 0. The highest BCUT2D eigenvalue weighted by atomic mass is 32.1. The number of alkyl halides is 3. The molecule has 0 fully saturated rings. The first-order valence-corrected chi connectivity index (χ1v) is 7.20. The molecule has 21 heavy (non-hydrogen) atoms. The minimum absolute atomic E-state index is 0.0476. The van der Waals surface area contributed by atoms with Gasteiger partial charge in [-0.3, -0.25) is 4.79 Å². The Balaban J connectivity index is 2.07. The van der Waals surface area contributed by atoms with Crippen molar-refractivity contribution in [2.45, 2.75) is 19.5 Å². The van der Waals surface area contributed by atoms with Crippen LogP contribution in [0.25, 0.3) is 10.2 Å². The van der Waals surface area contributed by atoms with E-state index in [9.17, 15) is 18.0 Å². The third kappa shape index (κ3) is 4.07. The predicted molar refractivity (Wildman–Crippen MR) is 76.4 cm³/mol. The number of carbonyl (C=O) groups excluding carboxylic acids is 1. The molecule has 1 aromatic carbocycles. The van der Waals surface area contributed by atoms with E-state index in [0.29, 0.717) is 16.4 Å². The minimum Gasteiger partial charge on any atom is -0.355 e. The lowest BCUT2D eigenvalue weighted by Crippen LogP contribution is -2.30. The van der Waals surface area contributed by atoms with Crippen LogP contribution in [-0.4, -0.2) is 24.0 Å². The van der Waals surface area contributed by atoms with Crippen molar-refractivity contribution >= 4 is 32.6 Å². The Morgan fingerprint density at radius 1 is 1.38 bits per heavy atom. The average molecular weight is 317 g/mol. The second kappa shape index (κ2) is 6.30. The SMILES string of the molecule is CCCNC(=O)CNc1nc2cc(C(F)(F)F)ccc2s1. The minimum atomic E-state index is -4.38. The zero-order chi connectivity index (χ0) is 15.5. The fourth-order valence-electron chi connectivity index (χ4n) is 1.66. The lowest BCUT2D eigenvalue weighted by Gasteiger charge is -2.04. The largest absolute Gasteiger partial charge is 0.416 e. The number of halogens is 3. The molecule has 0 unspecified atom stereocenters. The van der Waals surface area contributed by atoms with Gasteiger partial charge in [-0.15, -0.1) is 0 Å². The molecule has 114 valence electrons. The number of hydrogen-bond donors (Lipinski definition) is 2. The summed E-state index contributed by atoms with van der Waals surface area (Å²) in [4.78, 5) is 15.5. The number of anilines is 1. The van der Waals surface area contributed by atoms with Crippen LogP contribution in [0.2, 0.25) is 0 Å². The summed E-state index contributed by atoms with van der Waals surface area (Å²) in [5.74, 6) is -0.174. The molecule has 2 N–H and O–H groups in total. The van der Waals surface area contributed by atoms with Crippen molar-refractivity contribution in [3.8, 4) is 0 Å². The van der Waals surface area contributed by atoms with Crippen LogP contribution >= 0.6 is 11.3 Å².